The van der Waals surface area contributed by atoms with E-state index in [9.17, 15) is 0 Å². The Kier molecular flexibility index (Phi) is 4.03. The lowest BCUT2D eigenvalue weighted by Gasteiger charge is -2.18. The highest BCUT2D eigenvalue weighted by Gasteiger charge is 2.16. The molecule has 2 aromatic rings. The number of aryl methyl sites for hydroxylation is 2. The molecule has 0 aliphatic carbocycles. The van der Waals surface area contributed by atoms with Gasteiger partial charge in [-0.1, -0.05) is 30.3 Å². The molecular weight excluding hydrogens is 250 g/mol. The second-order valence-corrected chi connectivity index (χ2v) is 4.85. The molecule has 0 amide bonds. The molecule has 0 aliphatic heterocycles. The topological polar surface area (TPSA) is 72.0 Å². The van der Waals surface area contributed by atoms with Gasteiger partial charge in [-0.05, 0) is 38.0 Å². The molecule has 0 bridgehead atoms. The highest BCUT2D eigenvalue weighted by molar-refractivity contribution is 5.98. The van der Waals surface area contributed by atoms with Crippen molar-refractivity contribution >= 4 is 5.84 Å². The van der Waals surface area contributed by atoms with Crippen molar-refractivity contribution in [3.05, 3.63) is 58.8 Å². The molecule has 0 radical (unpaired) electrons. The van der Waals surface area contributed by atoms with Crippen molar-refractivity contribution in [3.8, 4) is 5.88 Å². The van der Waals surface area contributed by atoms with Crippen molar-refractivity contribution in [2.24, 2.45) is 5.73 Å². The third kappa shape index (κ3) is 2.96. The van der Waals surface area contributed by atoms with Gasteiger partial charge in [0, 0.05) is 5.69 Å². The van der Waals surface area contributed by atoms with E-state index in [0.717, 1.165) is 16.8 Å². The summed E-state index contributed by atoms with van der Waals surface area (Å²) < 4.78 is 5.92. The molecule has 4 heteroatoms. The molecule has 0 saturated heterocycles. The predicted octanol–water partition coefficient (Wildman–Crippen LogP) is 3.12. The summed E-state index contributed by atoms with van der Waals surface area (Å²) >= 11 is 0. The normalized spacial score (nSPS) is 11.9. The molecule has 0 spiro atoms. The van der Waals surface area contributed by atoms with Crippen LogP contribution >= 0.6 is 0 Å². The molecule has 104 valence electrons. The third-order valence-corrected chi connectivity index (χ3v) is 3.14. The minimum absolute atomic E-state index is 0.0229. The van der Waals surface area contributed by atoms with Gasteiger partial charge in [0.05, 0.1) is 5.56 Å². The van der Waals surface area contributed by atoms with Gasteiger partial charge < -0.3 is 10.5 Å². The largest absolute Gasteiger partial charge is 0.469 e. The zero-order chi connectivity index (χ0) is 14.7. The van der Waals surface area contributed by atoms with Crippen LogP contribution in [0.4, 0.5) is 0 Å². The van der Waals surface area contributed by atoms with Crippen molar-refractivity contribution in [1.82, 2.24) is 4.98 Å². The number of nitrogen functional groups attached to an aromatic ring is 1. The zero-order valence-corrected chi connectivity index (χ0v) is 12.0. The quantitative estimate of drug-likeness (QED) is 0.661. The predicted molar refractivity (Wildman–Crippen MR) is 80.2 cm³/mol. The number of pyridine rings is 1. The number of nitrogens with two attached hydrogens (primary N) is 1. The molecule has 1 aromatic carbocycles. The molecule has 1 heterocycles. The summed E-state index contributed by atoms with van der Waals surface area (Å²) in [6.45, 7) is 5.76. The standard InChI is InChI=1S/C16H19N3O/c1-10-9-11(2)19-16(14(10)15(17)18)20-12(3)13-7-5-4-6-8-13/h4-9,12H,1-3H3,(H3,17,18). The van der Waals surface area contributed by atoms with Crippen molar-refractivity contribution in [3.63, 3.8) is 0 Å². The second kappa shape index (κ2) is 5.74. The number of nitrogens with one attached hydrogen (secondary N) is 1. The average molecular weight is 269 g/mol. The Morgan fingerprint density at radius 3 is 2.50 bits per heavy atom. The summed E-state index contributed by atoms with van der Waals surface area (Å²) in [6, 6.07) is 11.8. The molecule has 1 unspecified atom stereocenters. The number of amidine groups is 1. The molecule has 0 aliphatic rings. The molecule has 2 rings (SSSR count). The highest BCUT2D eigenvalue weighted by Crippen LogP contribution is 2.25. The molecule has 0 saturated carbocycles. The van der Waals surface area contributed by atoms with Crippen molar-refractivity contribution in [2.75, 3.05) is 0 Å². The number of rotatable bonds is 4. The van der Waals surface area contributed by atoms with Crippen molar-refractivity contribution < 1.29 is 4.74 Å². The van der Waals surface area contributed by atoms with E-state index in [0.29, 0.717) is 11.4 Å². The summed E-state index contributed by atoms with van der Waals surface area (Å²) in [7, 11) is 0. The first-order chi connectivity index (χ1) is 9.49. The summed E-state index contributed by atoms with van der Waals surface area (Å²) in [5, 5.41) is 7.69. The number of aromatic nitrogens is 1. The van der Waals surface area contributed by atoms with Gasteiger partial charge >= 0.3 is 0 Å². The Bertz CT molecular complexity index is 623. The fourth-order valence-electron chi connectivity index (χ4n) is 2.17. The van der Waals surface area contributed by atoms with E-state index in [1.54, 1.807) is 0 Å². The Hall–Kier alpha value is -2.36. The Morgan fingerprint density at radius 2 is 1.90 bits per heavy atom. The highest BCUT2D eigenvalue weighted by atomic mass is 16.5. The number of hydrogen-bond donors (Lipinski definition) is 2. The fourth-order valence-corrected chi connectivity index (χ4v) is 2.17. The van der Waals surface area contributed by atoms with Crippen LogP contribution < -0.4 is 10.5 Å². The molecular formula is C16H19N3O. The van der Waals surface area contributed by atoms with E-state index >= 15 is 0 Å². The fraction of sp³-hybridized carbons (Fsp3) is 0.250. The van der Waals surface area contributed by atoms with Gasteiger partial charge in [0.25, 0.3) is 0 Å². The number of benzene rings is 1. The van der Waals surface area contributed by atoms with E-state index in [-0.39, 0.29) is 11.9 Å². The van der Waals surface area contributed by atoms with E-state index in [1.807, 2.05) is 57.2 Å². The zero-order valence-electron chi connectivity index (χ0n) is 12.0. The van der Waals surface area contributed by atoms with Gasteiger partial charge in [0.2, 0.25) is 5.88 Å². The first-order valence-electron chi connectivity index (χ1n) is 6.53. The maximum atomic E-state index is 7.69. The smallest absolute Gasteiger partial charge is 0.225 e. The maximum Gasteiger partial charge on any atom is 0.225 e. The Labute approximate surface area is 119 Å². The molecule has 3 N–H and O–H groups in total. The van der Waals surface area contributed by atoms with Crippen LogP contribution in [0.2, 0.25) is 0 Å². The monoisotopic (exact) mass is 269 g/mol. The number of ether oxygens (including phenoxy) is 1. The second-order valence-electron chi connectivity index (χ2n) is 4.85. The lowest BCUT2D eigenvalue weighted by molar-refractivity contribution is 0.216. The van der Waals surface area contributed by atoms with Crippen LogP contribution in [0.25, 0.3) is 0 Å². The lowest BCUT2D eigenvalue weighted by Crippen LogP contribution is -2.17. The van der Waals surface area contributed by atoms with Crippen molar-refractivity contribution in [1.29, 1.82) is 5.41 Å². The average Bonchev–Trinajstić information content (AvgIpc) is 2.38. The van der Waals surface area contributed by atoms with Crippen LogP contribution in [-0.2, 0) is 0 Å². The first-order valence-corrected chi connectivity index (χ1v) is 6.53. The van der Waals surface area contributed by atoms with Gasteiger partial charge in [-0.25, -0.2) is 4.98 Å². The van der Waals surface area contributed by atoms with Crippen molar-refractivity contribution in [2.45, 2.75) is 26.9 Å². The minimum Gasteiger partial charge on any atom is -0.469 e. The first kappa shape index (κ1) is 14.1. The van der Waals surface area contributed by atoms with Crippen LogP contribution in [0, 0.1) is 19.3 Å². The molecule has 1 aromatic heterocycles. The molecule has 0 fully saturated rings. The van der Waals surface area contributed by atoms with Crippen LogP contribution in [0.1, 0.15) is 35.4 Å². The molecule has 1 atom stereocenters. The summed E-state index contributed by atoms with van der Waals surface area (Å²) in [4.78, 5) is 4.38. The van der Waals surface area contributed by atoms with Gasteiger partial charge in [0.1, 0.15) is 11.9 Å². The van der Waals surface area contributed by atoms with Crippen LogP contribution in [0.15, 0.2) is 36.4 Å². The van der Waals surface area contributed by atoms with Crippen LogP contribution in [0.3, 0.4) is 0 Å². The minimum atomic E-state index is -0.150. The number of hydrogen-bond acceptors (Lipinski definition) is 3. The van der Waals surface area contributed by atoms with Gasteiger partial charge in [-0.15, -0.1) is 0 Å². The van der Waals surface area contributed by atoms with Gasteiger partial charge in [-0.2, -0.15) is 0 Å². The van der Waals surface area contributed by atoms with Gasteiger partial charge in [0.15, 0.2) is 0 Å². The third-order valence-electron chi connectivity index (χ3n) is 3.14. The van der Waals surface area contributed by atoms with Gasteiger partial charge in [-0.3, -0.25) is 5.41 Å². The molecule has 4 nitrogen and oxygen atoms in total. The van der Waals surface area contributed by atoms with E-state index in [4.69, 9.17) is 15.9 Å². The maximum absolute atomic E-state index is 7.69. The molecule has 20 heavy (non-hydrogen) atoms. The lowest BCUT2D eigenvalue weighted by atomic mass is 10.1. The van der Waals surface area contributed by atoms with Crippen LogP contribution in [-0.4, -0.2) is 10.8 Å². The van der Waals surface area contributed by atoms with E-state index in [1.165, 1.54) is 0 Å². The van der Waals surface area contributed by atoms with Crippen LogP contribution in [0.5, 0.6) is 5.88 Å². The summed E-state index contributed by atoms with van der Waals surface area (Å²) in [5.41, 5.74) is 9.02. The SMILES string of the molecule is Cc1cc(C)c(C(=N)N)c(OC(C)c2ccccc2)n1. The van der Waals surface area contributed by atoms with E-state index in [2.05, 4.69) is 4.98 Å². The summed E-state index contributed by atoms with van der Waals surface area (Å²) in [5.74, 6) is 0.400. The Balaban J connectivity index is 2.36. The Morgan fingerprint density at radius 1 is 1.25 bits per heavy atom. The summed E-state index contributed by atoms with van der Waals surface area (Å²) in [6.07, 6.45) is -0.150. The van der Waals surface area contributed by atoms with E-state index < -0.39 is 0 Å². The number of nitrogens with zero attached hydrogens (tertiary/aromatic N) is 1.